The number of hydrogen-bond acceptors (Lipinski definition) is 3. The van der Waals surface area contributed by atoms with E-state index in [1.165, 1.54) is 0 Å². The van der Waals surface area contributed by atoms with E-state index in [2.05, 4.69) is 5.32 Å². The topological polar surface area (TPSA) is 75.6 Å². The predicted octanol–water partition coefficient (Wildman–Crippen LogP) is 1.34. The zero-order valence-electron chi connectivity index (χ0n) is 10.1. The van der Waals surface area contributed by atoms with Crippen molar-refractivity contribution in [2.24, 2.45) is 0 Å². The Labute approximate surface area is 105 Å². The van der Waals surface area contributed by atoms with Gasteiger partial charge in [0.05, 0.1) is 6.61 Å². The number of para-hydroxylation sites is 1. The van der Waals surface area contributed by atoms with Crippen LogP contribution in [0.2, 0.25) is 0 Å². The molecule has 0 heterocycles. The molecule has 0 spiro atoms. The molecule has 0 radical (unpaired) electrons. The van der Waals surface area contributed by atoms with E-state index in [-0.39, 0.29) is 0 Å². The number of carboxylic acid groups (broad SMARTS) is 1. The third-order valence-corrected chi connectivity index (χ3v) is 2.10. The number of hydrogen-bond donors (Lipinski definition) is 2. The minimum atomic E-state index is -1.15. The van der Waals surface area contributed by atoms with Gasteiger partial charge in [0, 0.05) is 24.3 Å². The second kappa shape index (κ2) is 7.11. The summed E-state index contributed by atoms with van der Waals surface area (Å²) in [5, 5.41) is 11.0. The number of amides is 1. The summed E-state index contributed by atoms with van der Waals surface area (Å²) in [6.45, 7) is 2.72. The van der Waals surface area contributed by atoms with Gasteiger partial charge in [0.15, 0.2) is 0 Å². The number of benzene rings is 1. The molecule has 0 aliphatic heterocycles. The van der Waals surface area contributed by atoms with E-state index < -0.39 is 11.9 Å². The molecule has 0 saturated carbocycles. The molecule has 0 aliphatic carbocycles. The van der Waals surface area contributed by atoms with Crippen LogP contribution in [0.4, 0.5) is 0 Å². The molecule has 0 saturated heterocycles. The van der Waals surface area contributed by atoms with E-state index in [9.17, 15) is 9.59 Å². The number of carboxylic acids is 1. The Morgan fingerprint density at radius 1 is 1.33 bits per heavy atom. The SMILES string of the molecule is CCOc1ccccc1CNC(=O)/C=C/C(=O)O. The lowest BCUT2D eigenvalue weighted by Crippen LogP contribution is -2.21. The molecular weight excluding hydrogens is 234 g/mol. The summed E-state index contributed by atoms with van der Waals surface area (Å²) in [5.41, 5.74) is 0.844. The highest BCUT2D eigenvalue weighted by molar-refractivity contribution is 5.93. The number of ether oxygens (including phenoxy) is 1. The molecule has 1 rings (SSSR count). The molecule has 5 heteroatoms. The van der Waals surface area contributed by atoms with Crippen LogP contribution >= 0.6 is 0 Å². The van der Waals surface area contributed by atoms with E-state index in [0.29, 0.717) is 18.9 Å². The highest BCUT2D eigenvalue weighted by Gasteiger charge is 2.03. The monoisotopic (exact) mass is 249 g/mol. The fourth-order valence-electron chi connectivity index (χ4n) is 1.33. The molecule has 1 aromatic carbocycles. The van der Waals surface area contributed by atoms with Gasteiger partial charge in [0.25, 0.3) is 0 Å². The van der Waals surface area contributed by atoms with Crippen LogP contribution in [0.5, 0.6) is 5.75 Å². The van der Waals surface area contributed by atoms with Gasteiger partial charge in [0.2, 0.25) is 5.91 Å². The maximum absolute atomic E-state index is 11.3. The number of nitrogens with one attached hydrogen (secondary N) is 1. The summed E-state index contributed by atoms with van der Waals surface area (Å²) in [4.78, 5) is 21.5. The molecule has 18 heavy (non-hydrogen) atoms. The molecule has 1 aromatic rings. The first-order valence-electron chi connectivity index (χ1n) is 5.53. The van der Waals surface area contributed by atoms with Crippen molar-refractivity contribution < 1.29 is 19.4 Å². The van der Waals surface area contributed by atoms with Crippen molar-refractivity contribution in [1.29, 1.82) is 0 Å². The van der Waals surface area contributed by atoms with Gasteiger partial charge >= 0.3 is 5.97 Å². The normalized spacial score (nSPS) is 10.3. The van der Waals surface area contributed by atoms with E-state index in [0.717, 1.165) is 17.7 Å². The van der Waals surface area contributed by atoms with Crippen molar-refractivity contribution >= 4 is 11.9 Å². The Hall–Kier alpha value is -2.30. The molecule has 0 bridgehead atoms. The largest absolute Gasteiger partial charge is 0.494 e. The van der Waals surface area contributed by atoms with Crippen molar-refractivity contribution in [3.05, 3.63) is 42.0 Å². The van der Waals surface area contributed by atoms with Gasteiger partial charge in [-0.15, -0.1) is 0 Å². The molecule has 0 aliphatic rings. The lowest BCUT2D eigenvalue weighted by Gasteiger charge is -2.09. The smallest absolute Gasteiger partial charge is 0.328 e. The van der Waals surface area contributed by atoms with Gasteiger partial charge in [0.1, 0.15) is 5.75 Å². The van der Waals surface area contributed by atoms with E-state index in [1.807, 2.05) is 31.2 Å². The van der Waals surface area contributed by atoms with Crippen molar-refractivity contribution in [2.75, 3.05) is 6.61 Å². The summed E-state index contributed by atoms with van der Waals surface area (Å²) < 4.78 is 5.40. The average Bonchev–Trinajstić information content (AvgIpc) is 2.35. The molecular formula is C13H15NO4. The third kappa shape index (κ3) is 4.69. The van der Waals surface area contributed by atoms with Crippen molar-refractivity contribution in [1.82, 2.24) is 5.32 Å². The number of carbonyl (C=O) groups excluding carboxylic acids is 1. The average molecular weight is 249 g/mol. The van der Waals surface area contributed by atoms with Gasteiger partial charge in [-0.2, -0.15) is 0 Å². The summed E-state index contributed by atoms with van der Waals surface area (Å²) >= 11 is 0. The summed E-state index contributed by atoms with van der Waals surface area (Å²) in [6.07, 6.45) is 1.77. The van der Waals surface area contributed by atoms with Gasteiger partial charge in [-0.1, -0.05) is 18.2 Å². The third-order valence-electron chi connectivity index (χ3n) is 2.10. The van der Waals surface area contributed by atoms with Crippen LogP contribution < -0.4 is 10.1 Å². The molecule has 2 N–H and O–H groups in total. The molecule has 1 amide bonds. The van der Waals surface area contributed by atoms with Crippen LogP contribution in [0, 0.1) is 0 Å². The Kier molecular flexibility index (Phi) is 5.44. The highest BCUT2D eigenvalue weighted by atomic mass is 16.5. The van der Waals surface area contributed by atoms with Gasteiger partial charge < -0.3 is 15.2 Å². The summed E-state index contributed by atoms with van der Waals surface area (Å²) in [6, 6.07) is 7.35. The van der Waals surface area contributed by atoms with E-state index in [1.54, 1.807) is 0 Å². The molecule has 96 valence electrons. The van der Waals surface area contributed by atoms with Gasteiger partial charge in [-0.25, -0.2) is 4.79 Å². The van der Waals surface area contributed by atoms with Gasteiger partial charge in [-0.05, 0) is 13.0 Å². The minimum absolute atomic E-state index is 0.291. The van der Waals surface area contributed by atoms with Crippen LogP contribution in [0.25, 0.3) is 0 Å². The van der Waals surface area contributed by atoms with Crippen molar-refractivity contribution in [3.8, 4) is 5.75 Å². The second-order valence-electron chi connectivity index (χ2n) is 3.43. The van der Waals surface area contributed by atoms with E-state index >= 15 is 0 Å². The van der Waals surface area contributed by atoms with E-state index in [4.69, 9.17) is 9.84 Å². The molecule has 0 fully saturated rings. The number of rotatable bonds is 6. The lowest BCUT2D eigenvalue weighted by atomic mass is 10.2. The van der Waals surface area contributed by atoms with Crippen LogP contribution in [0.1, 0.15) is 12.5 Å². The fraction of sp³-hybridized carbons (Fsp3) is 0.231. The standard InChI is InChI=1S/C13H15NO4/c1-2-18-11-6-4-3-5-10(11)9-14-12(15)7-8-13(16)17/h3-8H,2,9H2,1H3,(H,14,15)(H,16,17)/b8-7+. The molecule has 0 atom stereocenters. The Morgan fingerprint density at radius 3 is 2.72 bits per heavy atom. The van der Waals surface area contributed by atoms with Crippen molar-refractivity contribution in [2.45, 2.75) is 13.5 Å². The Balaban J connectivity index is 2.57. The number of carbonyl (C=O) groups is 2. The molecule has 0 aromatic heterocycles. The lowest BCUT2D eigenvalue weighted by molar-refractivity contribution is -0.131. The number of aliphatic carboxylic acids is 1. The van der Waals surface area contributed by atoms with Crippen LogP contribution in [0.3, 0.4) is 0 Å². The quantitative estimate of drug-likeness (QED) is 0.746. The first-order chi connectivity index (χ1) is 8.63. The Morgan fingerprint density at radius 2 is 2.06 bits per heavy atom. The fourth-order valence-corrected chi connectivity index (χ4v) is 1.33. The minimum Gasteiger partial charge on any atom is -0.494 e. The zero-order valence-corrected chi connectivity index (χ0v) is 10.1. The summed E-state index contributed by atoms with van der Waals surface area (Å²) in [7, 11) is 0. The predicted molar refractivity (Wildman–Crippen MR) is 66.2 cm³/mol. The molecule has 5 nitrogen and oxygen atoms in total. The van der Waals surface area contributed by atoms with Crippen molar-refractivity contribution in [3.63, 3.8) is 0 Å². The first-order valence-corrected chi connectivity index (χ1v) is 5.53. The second-order valence-corrected chi connectivity index (χ2v) is 3.43. The van der Waals surface area contributed by atoms with Crippen LogP contribution in [-0.4, -0.2) is 23.6 Å². The highest BCUT2D eigenvalue weighted by Crippen LogP contribution is 2.17. The van der Waals surface area contributed by atoms with Crippen LogP contribution in [-0.2, 0) is 16.1 Å². The molecule has 0 unspecified atom stereocenters. The maximum Gasteiger partial charge on any atom is 0.328 e. The van der Waals surface area contributed by atoms with Gasteiger partial charge in [-0.3, -0.25) is 4.79 Å². The zero-order chi connectivity index (χ0) is 13.4. The Bertz CT molecular complexity index is 454. The van der Waals surface area contributed by atoms with Crippen LogP contribution in [0.15, 0.2) is 36.4 Å². The summed E-state index contributed by atoms with van der Waals surface area (Å²) in [5.74, 6) is -0.897. The first kappa shape index (κ1) is 13.8. The maximum atomic E-state index is 11.3.